The molecule has 0 aliphatic carbocycles. The van der Waals surface area contributed by atoms with Crippen molar-refractivity contribution < 1.29 is 19.1 Å². The number of hydrogen-bond donors (Lipinski definition) is 1. The Bertz CT molecular complexity index is 834. The van der Waals surface area contributed by atoms with Crippen LogP contribution in [0.2, 0.25) is 0 Å². The second-order valence-corrected chi connectivity index (χ2v) is 5.89. The molecule has 2 heterocycles. The van der Waals surface area contributed by atoms with Gasteiger partial charge in [0.05, 0.1) is 0 Å². The predicted octanol–water partition coefficient (Wildman–Crippen LogP) is 1.47. The molecule has 0 saturated carbocycles. The first-order valence-electron chi connectivity index (χ1n) is 7.70. The van der Waals surface area contributed by atoms with Crippen LogP contribution >= 0.6 is 0 Å². The Hall–Kier alpha value is -3.02. The molecule has 1 atom stereocenters. The van der Waals surface area contributed by atoms with Crippen molar-refractivity contribution in [3.63, 3.8) is 0 Å². The van der Waals surface area contributed by atoms with Crippen LogP contribution in [0.5, 0.6) is 11.5 Å². The van der Waals surface area contributed by atoms with Crippen LogP contribution in [-0.2, 0) is 17.8 Å². The average Bonchev–Trinajstić information content (AvgIpc) is 3.07. The zero-order valence-corrected chi connectivity index (χ0v) is 12.9. The molecule has 6 nitrogen and oxygen atoms in total. The normalized spacial score (nSPS) is 18.2. The van der Waals surface area contributed by atoms with Crippen molar-refractivity contribution in [2.75, 3.05) is 6.79 Å². The Balaban J connectivity index is 1.68. The lowest BCUT2D eigenvalue weighted by molar-refractivity contribution is -0.122. The van der Waals surface area contributed by atoms with Crippen LogP contribution in [-0.4, -0.2) is 29.5 Å². The van der Waals surface area contributed by atoms with E-state index in [0.29, 0.717) is 30.0 Å². The van der Waals surface area contributed by atoms with Gasteiger partial charge in [-0.3, -0.25) is 9.59 Å². The number of fused-ring (bicyclic) bond motifs is 2. The summed E-state index contributed by atoms with van der Waals surface area (Å²) in [5.41, 5.74) is 8.08. The fourth-order valence-electron chi connectivity index (χ4n) is 3.19. The number of primary amides is 1. The molecule has 122 valence electrons. The van der Waals surface area contributed by atoms with Gasteiger partial charge in [-0.1, -0.05) is 24.3 Å². The maximum absolute atomic E-state index is 12.9. The first kappa shape index (κ1) is 14.6. The lowest BCUT2D eigenvalue weighted by Gasteiger charge is -2.35. The molecule has 0 bridgehead atoms. The third kappa shape index (κ3) is 2.36. The molecular formula is C18H16N2O4. The van der Waals surface area contributed by atoms with Crippen LogP contribution in [0.1, 0.15) is 21.5 Å². The van der Waals surface area contributed by atoms with Crippen molar-refractivity contribution in [1.29, 1.82) is 0 Å². The molecule has 2 aromatic rings. The number of rotatable bonds is 2. The van der Waals surface area contributed by atoms with E-state index in [1.54, 1.807) is 18.2 Å². The number of hydrogen-bond acceptors (Lipinski definition) is 4. The number of amides is 2. The van der Waals surface area contributed by atoms with E-state index in [4.69, 9.17) is 15.2 Å². The molecule has 2 aromatic carbocycles. The van der Waals surface area contributed by atoms with E-state index in [1.165, 1.54) is 4.90 Å². The van der Waals surface area contributed by atoms with Crippen molar-refractivity contribution in [1.82, 2.24) is 4.90 Å². The minimum atomic E-state index is -0.655. The molecule has 2 amide bonds. The van der Waals surface area contributed by atoms with Gasteiger partial charge in [-0.25, -0.2) is 0 Å². The van der Waals surface area contributed by atoms with Gasteiger partial charge in [0, 0.05) is 18.5 Å². The lowest BCUT2D eigenvalue weighted by Crippen LogP contribution is -2.51. The number of nitrogens with zero attached hydrogens (tertiary/aromatic N) is 1. The highest BCUT2D eigenvalue weighted by atomic mass is 16.7. The van der Waals surface area contributed by atoms with E-state index in [9.17, 15) is 9.59 Å². The Kier molecular flexibility index (Phi) is 3.37. The van der Waals surface area contributed by atoms with Crippen molar-refractivity contribution in [3.8, 4) is 11.5 Å². The first-order valence-corrected chi connectivity index (χ1v) is 7.70. The summed E-state index contributed by atoms with van der Waals surface area (Å²) in [7, 11) is 0. The van der Waals surface area contributed by atoms with Gasteiger partial charge in [0.2, 0.25) is 12.7 Å². The Morgan fingerprint density at radius 2 is 1.79 bits per heavy atom. The van der Waals surface area contributed by atoms with E-state index in [2.05, 4.69) is 0 Å². The van der Waals surface area contributed by atoms with Gasteiger partial charge in [-0.05, 0) is 29.3 Å². The smallest absolute Gasteiger partial charge is 0.254 e. The maximum atomic E-state index is 12.9. The fraction of sp³-hybridized carbons (Fsp3) is 0.222. The second kappa shape index (κ2) is 5.56. The summed E-state index contributed by atoms with van der Waals surface area (Å²) >= 11 is 0. The van der Waals surface area contributed by atoms with Crippen LogP contribution in [0.15, 0.2) is 42.5 Å². The topological polar surface area (TPSA) is 81.9 Å². The van der Waals surface area contributed by atoms with E-state index in [0.717, 1.165) is 11.1 Å². The summed E-state index contributed by atoms with van der Waals surface area (Å²) in [6.45, 7) is 0.505. The molecule has 1 unspecified atom stereocenters. The largest absolute Gasteiger partial charge is 0.454 e. The molecule has 0 spiro atoms. The Labute approximate surface area is 138 Å². The van der Waals surface area contributed by atoms with Gasteiger partial charge >= 0.3 is 0 Å². The molecule has 0 radical (unpaired) electrons. The molecule has 0 fully saturated rings. The Morgan fingerprint density at radius 3 is 2.58 bits per heavy atom. The van der Waals surface area contributed by atoms with Gasteiger partial charge in [-0.15, -0.1) is 0 Å². The SMILES string of the molecule is NC(=O)C1Cc2ccccc2CN1C(=O)c1ccc2c(c1)OCO2. The molecule has 2 aliphatic rings. The average molecular weight is 324 g/mol. The first-order chi connectivity index (χ1) is 11.6. The van der Waals surface area contributed by atoms with Crippen LogP contribution in [0.25, 0.3) is 0 Å². The summed E-state index contributed by atoms with van der Waals surface area (Å²) in [5, 5.41) is 0. The highest BCUT2D eigenvalue weighted by Crippen LogP contribution is 2.33. The molecule has 24 heavy (non-hydrogen) atoms. The monoisotopic (exact) mass is 324 g/mol. The van der Waals surface area contributed by atoms with E-state index in [-0.39, 0.29) is 12.7 Å². The fourth-order valence-corrected chi connectivity index (χ4v) is 3.19. The van der Waals surface area contributed by atoms with Gasteiger partial charge in [-0.2, -0.15) is 0 Å². The number of carbonyl (C=O) groups is 2. The number of carbonyl (C=O) groups excluding carboxylic acids is 2. The van der Waals surface area contributed by atoms with E-state index < -0.39 is 11.9 Å². The summed E-state index contributed by atoms with van der Waals surface area (Å²) < 4.78 is 10.6. The minimum Gasteiger partial charge on any atom is -0.454 e. The quantitative estimate of drug-likeness (QED) is 0.907. The second-order valence-electron chi connectivity index (χ2n) is 5.89. The molecule has 6 heteroatoms. The van der Waals surface area contributed by atoms with Gasteiger partial charge in [0.25, 0.3) is 5.91 Å². The van der Waals surface area contributed by atoms with E-state index >= 15 is 0 Å². The number of nitrogens with two attached hydrogens (primary N) is 1. The third-order valence-corrected chi connectivity index (χ3v) is 4.46. The van der Waals surface area contributed by atoms with Gasteiger partial charge < -0.3 is 20.1 Å². The Morgan fingerprint density at radius 1 is 1.04 bits per heavy atom. The molecular weight excluding hydrogens is 308 g/mol. The van der Waals surface area contributed by atoms with Crippen LogP contribution in [0.3, 0.4) is 0 Å². The summed E-state index contributed by atoms with van der Waals surface area (Å²) in [6.07, 6.45) is 0.432. The predicted molar refractivity (Wildman–Crippen MR) is 85.6 cm³/mol. The zero-order chi connectivity index (χ0) is 16.7. The minimum absolute atomic E-state index is 0.147. The van der Waals surface area contributed by atoms with Crippen molar-refractivity contribution in [2.24, 2.45) is 5.73 Å². The van der Waals surface area contributed by atoms with Crippen molar-refractivity contribution in [2.45, 2.75) is 19.0 Å². The van der Waals surface area contributed by atoms with E-state index in [1.807, 2.05) is 24.3 Å². The van der Waals surface area contributed by atoms with Gasteiger partial charge in [0.1, 0.15) is 6.04 Å². The molecule has 0 aromatic heterocycles. The number of benzene rings is 2. The summed E-state index contributed by atoms with van der Waals surface area (Å²) in [4.78, 5) is 26.4. The highest BCUT2D eigenvalue weighted by Gasteiger charge is 2.34. The third-order valence-electron chi connectivity index (χ3n) is 4.46. The van der Waals surface area contributed by atoms with Crippen LogP contribution in [0, 0.1) is 0 Å². The van der Waals surface area contributed by atoms with Crippen molar-refractivity contribution in [3.05, 3.63) is 59.2 Å². The lowest BCUT2D eigenvalue weighted by atomic mass is 9.93. The molecule has 2 aliphatic heterocycles. The molecule has 0 saturated heterocycles. The number of ether oxygens (including phenoxy) is 2. The maximum Gasteiger partial charge on any atom is 0.254 e. The molecule has 4 rings (SSSR count). The van der Waals surface area contributed by atoms with Crippen LogP contribution in [0.4, 0.5) is 0 Å². The standard InChI is InChI=1S/C18H16N2O4/c19-17(21)14-7-11-3-1-2-4-13(11)9-20(14)18(22)12-5-6-15-16(8-12)24-10-23-15/h1-6,8,14H,7,9-10H2,(H2,19,21). The molecule has 2 N–H and O–H groups in total. The van der Waals surface area contributed by atoms with Crippen LogP contribution < -0.4 is 15.2 Å². The van der Waals surface area contributed by atoms with Gasteiger partial charge in [0.15, 0.2) is 11.5 Å². The van der Waals surface area contributed by atoms with Crippen molar-refractivity contribution >= 4 is 11.8 Å². The summed E-state index contributed by atoms with van der Waals surface area (Å²) in [5.74, 6) is 0.404. The summed E-state index contributed by atoms with van der Waals surface area (Å²) in [6, 6.07) is 12.1. The highest BCUT2D eigenvalue weighted by molar-refractivity contribution is 5.98. The zero-order valence-electron chi connectivity index (χ0n) is 12.9.